The van der Waals surface area contributed by atoms with Crippen LogP contribution in [0.1, 0.15) is 12.1 Å². The Balaban J connectivity index is 1.16. The molecular formula is C26H28FN5O4S. The van der Waals surface area contributed by atoms with Crippen LogP contribution in [0.15, 0.2) is 54.7 Å². The van der Waals surface area contributed by atoms with E-state index >= 15 is 0 Å². The van der Waals surface area contributed by atoms with E-state index in [1.54, 1.807) is 24.3 Å². The van der Waals surface area contributed by atoms with Crippen LogP contribution in [0.25, 0.3) is 10.9 Å². The van der Waals surface area contributed by atoms with E-state index in [0.29, 0.717) is 42.3 Å². The van der Waals surface area contributed by atoms with Crippen LogP contribution in [0, 0.1) is 12.7 Å². The molecule has 11 heteroatoms. The largest absolute Gasteiger partial charge is 0.493 e. The molecule has 5 rings (SSSR count). The standard InChI is InChI=1S/C26H28FN5O4S/c1-18-16-21-22(29-18)6-7-23(25(21)27)36-24-8-9-28-26(31-24)30-19-4-2-5-20(17-19)35-13-3-10-32-11-14-37(33,34)15-12-32/h2,4-9,16-17,29H,3,10-15H2,1H3,(H,28,30,31). The summed E-state index contributed by atoms with van der Waals surface area (Å²) in [4.78, 5) is 13.8. The van der Waals surface area contributed by atoms with Gasteiger partial charge >= 0.3 is 0 Å². The first-order valence-electron chi connectivity index (χ1n) is 12.1. The number of nitrogens with zero attached hydrogens (tertiary/aromatic N) is 3. The van der Waals surface area contributed by atoms with Crippen LogP contribution in [0.3, 0.4) is 0 Å². The summed E-state index contributed by atoms with van der Waals surface area (Å²) in [6, 6.07) is 14.1. The number of halogens is 1. The fourth-order valence-corrected chi connectivity index (χ4v) is 5.46. The molecule has 0 radical (unpaired) electrons. The Kier molecular flexibility index (Phi) is 7.24. The molecule has 0 bridgehead atoms. The fourth-order valence-electron chi connectivity index (χ4n) is 4.18. The van der Waals surface area contributed by atoms with Crippen molar-refractivity contribution in [2.24, 2.45) is 0 Å². The number of benzene rings is 2. The van der Waals surface area contributed by atoms with Gasteiger partial charge in [-0.1, -0.05) is 6.07 Å². The molecule has 0 atom stereocenters. The highest BCUT2D eigenvalue weighted by molar-refractivity contribution is 7.91. The van der Waals surface area contributed by atoms with E-state index in [4.69, 9.17) is 9.47 Å². The van der Waals surface area contributed by atoms with Crippen molar-refractivity contribution in [3.63, 3.8) is 0 Å². The molecule has 0 unspecified atom stereocenters. The number of aromatic nitrogens is 3. The van der Waals surface area contributed by atoms with Crippen molar-refractivity contribution in [2.75, 3.05) is 43.1 Å². The number of hydrogen-bond acceptors (Lipinski definition) is 8. The lowest BCUT2D eigenvalue weighted by Gasteiger charge is -2.26. The second-order valence-electron chi connectivity index (χ2n) is 8.96. The summed E-state index contributed by atoms with van der Waals surface area (Å²) in [5, 5.41) is 3.58. The van der Waals surface area contributed by atoms with E-state index in [1.807, 2.05) is 31.2 Å². The minimum absolute atomic E-state index is 0.0812. The molecule has 1 aliphatic rings. The summed E-state index contributed by atoms with van der Waals surface area (Å²) in [6.45, 7) is 4.34. The highest BCUT2D eigenvalue weighted by Gasteiger charge is 2.21. The highest BCUT2D eigenvalue weighted by atomic mass is 32.2. The number of aryl methyl sites for hydroxylation is 1. The molecule has 2 aromatic carbocycles. The second kappa shape index (κ2) is 10.7. The Morgan fingerprint density at radius 1 is 1.14 bits per heavy atom. The van der Waals surface area contributed by atoms with Gasteiger partial charge in [0.2, 0.25) is 11.8 Å². The third-order valence-electron chi connectivity index (χ3n) is 6.10. The van der Waals surface area contributed by atoms with Crippen molar-refractivity contribution in [1.82, 2.24) is 19.9 Å². The molecule has 0 aliphatic carbocycles. The van der Waals surface area contributed by atoms with Crippen molar-refractivity contribution >= 4 is 32.4 Å². The average Bonchev–Trinajstić information content (AvgIpc) is 3.26. The molecular weight excluding hydrogens is 497 g/mol. The molecule has 0 spiro atoms. The van der Waals surface area contributed by atoms with E-state index in [0.717, 1.165) is 24.3 Å². The maximum atomic E-state index is 14.9. The Labute approximate surface area is 214 Å². The lowest BCUT2D eigenvalue weighted by atomic mass is 10.2. The molecule has 9 nitrogen and oxygen atoms in total. The van der Waals surface area contributed by atoms with E-state index in [1.165, 1.54) is 6.20 Å². The van der Waals surface area contributed by atoms with Crippen molar-refractivity contribution < 1.29 is 22.3 Å². The lowest BCUT2D eigenvalue weighted by Crippen LogP contribution is -2.40. The number of sulfone groups is 1. The zero-order valence-corrected chi connectivity index (χ0v) is 21.2. The average molecular weight is 526 g/mol. The summed E-state index contributed by atoms with van der Waals surface area (Å²) in [6.07, 6.45) is 2.33. The van der Waals surface area contributed by atoms with Crippen LogP contribution >= 0.6 is 0 Å². The van der Waals surface area contributed by atoms with Crippen LogP contribution in [-0.2, 0) is 9.84 Å². The summed E-state index contributed by atoms with van der Waals surface area (Å²) in [5.41, 5.74) is 2.30. The molecule has 1 aliphatic heterocycles. The maximum absolute atomic E-state index is 14.9. The third kappa shape index (κ3) is 6.36. The number of hydrogen-bond donors (Lipinski definition) is 2. The number of nitrogens with one attached hydrogen (secondary N) is 2. The summed E-state index contributed by atoms with van der Waals surface area (Å²) >= 11 is 0. The molecule has 37 heavy (non-hydrogen) atoms. The van der Waals surface area contributed by atoms with Crippen LogP contribution in [0.2, 0.25) is 0 Å². The number of fused-ring (bicyclic) bond motifs is 1. The monoisotopic (exact) mass is 525 g/mol. The predicted octanol–water partition coefficient (Wildman–Crippen LogP) is 4.44. The molecule has 1 saturated heterocycles. The topological polar surface area (TPSA) is 109 Å². The molecule has 1 fully saturated rings. The highest BCUT2D eigenvalue weighted by Crippen LogP contribution is 2.30. The minimum atomic E-state index is -2.86. The molecule has 2 N–H and O–H groups in total. The van der Waals surface area contributed by atoms with Crippen LogP contribution in [0.4, 0.5) is 16.0 Å². The van der Waals surface area contributed by atoms with Crippen LogP contribution in [0.5, 0.6) is 17.4 Å². The van der Waals surface area contributed by atoms with Gasteiger partial charge in [-0.25, -0.2) is 17.8 Å². The van der Waals surface area contributed by atoms with Gasteiger partial charge in [0, 0.05) is 60.2 Å². The molecule has 3 heterocycles. The van der Waals surface area contributed by atoms with Crippen molar-refractivity contribution in [1.29, 1.82) is 0 Å². The number of rotatable bonds is 9. The Morgan fingerprint density at radius 2 is 1.97 bits per heavy atom. The Hall–Kier alpha value is -3.70. The number of H-pyrrole nitrogens is 1. The van der Waals surface area contributed by atoms with Gasteiger partial charge in [0.1, 0.15) is 5.75 Å². The first kappa shape index (κ1) is 25.0. The summed E-state index contributed by atoms with van der Waals surface area (Å²) in [7, 11) is -2.86. The van der Waals surface area contributed by atoms with Crippen molar-refractivity contribution in [2.45, 2.75) is 13.3 Å². The first-order chi connectivity index (χ1) is 17.8. The normalized spacial score (nSPS) is 15.5. The molecule has 0 amide bonds. The molecule has 0 saturated carbocycles. The van der Waals surface area contributed by atoms with Gasteiger partial charge in [0.25, 0.3) is 0 Å². The second-order valence-corrected chi connectivity index (χ2v) is 11.3. The third-order valence-corrected chi connectivity index (χ3v) is 7.71. The summed E-state index contributed by atoms with van der Waals surface area (Å²) < 4.78 is 49.6. The molecule has 194 valence electrons. The minimum Gasteiger partial charge on any atom is -0.493 e. The lowest BCUT2D eigenvalue weighted by molar-refractivity contribution is 0.246. The SMILES string of the molecule is Cc1cc2c(F)c(Oc3ccnc(Nc4cccc(OCCCN5CCS(=O)(=O)CC5)c4)n3)ccc2[nH]1. The van der Waals surface area contributed by atoms with Gasteiger partial charge in [0.05, 0.1) is 18.1 Å². The molecule has 4 aromatic rings. The number of aromatic amines is 1. The number of anilines is 2. The Morgan fingerprint density at radius 3 is 2.81 bits per heavy atom. The van der Waals surface area contributed by atoms with Crippen molar-refractivity contribution in [3.05, 3.63) is 66.2 Å². The van der Waals surface area contributed by atoms with Gasteiger partial charge < -0.3 is 24.7 Å². The summed E-state index contributed by atoms with van der Waals surface area (Å²) in [5.74, 6) is 1.28. The maximum Gasteiger partial charge on any atom is 0.230 e. The number of ether oxygens (including phenoxy) is 2. The Bertz CT molecular complexity index is 1490. The van der Waals surface area contributed by atoms with Crippen LogP contribution < -0.4 is 14.8 Å². The van der Waals surface area contributed by atoms with E-state index in [9.17, 15) is 12.8 Å². The zero-order chi connectivity index (χ0) is 25.8. The quantitative estimate of drug-likeness (QED) is 0.309. The van der Waals surface area contributed by atoms with E-state index in [-0.39, 0.29) is 23.1 Å². The van der Waals surface area contributed by atoms with Crippen LogP contribution in [-0.4, -0.2) is 66.0 Å². The first-order valence-corrected chi connectivity index (χ1v) is 13.9. The smallest absolute Gasteiger partial charge is 0.230 e. The van der Waals surface area contributed by atoms with Crippen molar-refractivity contribution in [3.8, 4) is 17.4 Å². The van der Waals surface area contributed by atoms with E-state index in [2.05, 4.69) is 25.2 Å². The van der Waals surface area contributed by atoms with Gasteiger partial charge in [-0.05, 0) is 43.7 Å². The fraction of sp³-hybridized carbons (Fsp3) is 0.308. The molecule has 2 aromatic heterocycles. The zero-order valence-electron chi connectivity index (χ0n) is 20.4. The van der Waals surface area contributed by atoms with Gasteiger partial charge in [0.15, 0.2) is 21.4 Å². The van der Waals surface area contributed by atoms with E-state index < -0.39 is 15.7 Å². The van der Waals surface area contributed by atoms with Gasteiger partial charge in [-0.15, -0.1) is 0 Å². The van der Waals surface area contributed by atoms with Gasteiger partial charge in [-0.2, -0.15) is 4.98 Å². The predicted molar refractivity (Wildman–Crippen MR) is 140 cm³/mol. The van der Waals surface area contributed by atoms with Gasteiger partial charge in [-0.3, -0.25) is 0 Å².